The number of nitrogens with zero attached hydrogens (tertiary/aromatic N) is 5. The molecule has 0 saturated carbocycles. The summed E-state index contributed by atoms with van der Waals surface area (Å²) in [6.07, 6.45) is 3.70. The lowest BCUT2D eigenvalue weighted by Gasteiger charge is -2.33. The molecule has 1 aliphatic heterocycles. The van der Waals surface area contributed by atoms with Gasteiger partial charge in [0, 0.05) is 44.1 Å². The van der Waals surface area contributed by atoms with E-state index in [1.807, 2.05) is 13.0 Å². The zero-order valence-corrected chi connectivity index (χ0v) is 24.1. The highest BCUT2D eigenvalue weighted by Crippen LogP contribution is 2.35. The zero-order valence-electron chi connectivity index (χ0n) is 22.5. The highest BCUT2D eigenvalue weighted by atomic mass is 35.5. The van der Waals surface area contributed by atoms with Gasteiger partial charge in [0.2, 0.25) is 5.91 Å². The lowest BCUT2D eigenvalue weighted by atomic mass is 10.2. The first-order chi connectivity index (χ1) is 18.9. The second-order valence-electron chi connectivity index (χ2n) is 9.16. The molecule has 2 aromatic heterocycles. The standard InChI is InChI=1S/C26H31ClF3N7O2S/c1-5-6-7-31-22(37-10-8-36(4)9-11-37)12-16(2)23(38)34-17(3)25-33-15-20(40-25)24(39)35-21-13-18(26(28,29)30)19(27)14-32-21/h6-7,12-15,17H,5,8-11H2,1-4H3,(H,34,38)(H,32,35,39)/b7-6+,16-12+,31-22+. The highest BCUT2D eigenvalue weighted by molar-refractivity contribution is 7.13. The number of anilines is 1. The summed E-state index contributed by atoms with van der Waals surface area (Å²) in [5.74, 6) is -0.601. The maximum Gasteiger partial charge on any atom is 0.418 e. The molecule has 0 bridgehead atoms. The van der Waals surface area contributed by atoms with Gasteiger partial charge in [-0.25, -0.2) is 15.0 Å². The van der Waals surface area contributed by atoms with Crippen LogP contribution in [0.15, 0.2) is 47.4 Å². The average molecular weight is 598 g/mol. The van der Waals surface area contributed by atoms with Gasteiger partial charge in [0.05, 0.1) is 22.8 Å². The number of amidine groups is 1. The second-order valence-corrected chi connectivity index (χ2v) is 10.6. The lowest BCUT2D eigenvalue weighted by Crippen LogP contribution is -2.46. The smallest absolute Gasteiger partial charge is 0.354 e. The SMILES string of the molecule is CC/C=C/N=C(\C=C(/C)C(=O)NC(C)c1ncc(C(=O)Nc2cc(C(F)(F)F)c(Cl)cn2)s1)N1CCN(C)CC1. The van der Waals surface area contributed by atoms with Gasteiger partial charge in [-0.3, -0.25) is 9.59 Å². The first kappa shape index (κ1) is 31.2. The van der Waals surface area contributed by atoms with E-state index < -0.39 is 28.7 Å². The van der Waals surface area contributed by atoms with Gasteiger partial charge in [-0.2, -0.15) is 13.2 Å². The predicted octanol–water partition coefficient (Wildman–Crippen LogP) is 5.16. The quantitative estimate of drug-likeness (QED) is 0.248. The molecule has 14 heteroatoms. The van der Waals surface area contributed by atoms with E-state index in [0.717, 1.165) is 50.1 Å². The molecule has 0 spiro atoms. The van der Waals surface area contributed by atoms with Gasteiger partial charge >= 0.3 is 6.18 Å². The Labute approximate surface area is 239 Å². The van der Waals surface area contributed by atoms with E-state index in [4.69, 9.17) is 11.6 Å². The highest BCUT2D eigenvalue weighted by Gasteiger charge is 2.34. The third kappa shape index (κ3) is 8.60. The normalized spacial score (nSPS) is 16.4. The molecule has 3 heterocycles. The minimum atomic E-state index is -4.69. The number of pyridine rings is 1. The molecule has 0 aliphatic carbocycles. The molecule has 1 atom stereocenters. The number of aromatic nitrogens is 2. The van der Waals surface area contributed by atoms with Gasteiger partial charge < -0.3 is 20.4 Å². The van der Waals surface area contributed by atoms with Crippen molar-refractivity contribution in [2.75, 3.05) is 38.5 Å². The number of alkyl halides is 3. The minimum absolute atomic E-state index is 0.140. The van der Waals surface area contributed by atoms with Gasteiger partial charge in [-0.15, -0.1) is 11.3 Å². The Hall–Kier alpha value is -3.29. The van der Waals surface area contributed by atoms with E-state index in [1.165, 1.54) is 6.20 Å². The number of rotatable bonds is 8. The summed E-state index contributed by atoms with van der Waals surface area (Å²) >= 11 is 6.59. The third-order valence-electron chi connectivity index (χ3n) is 5.95. The maximum atomic E-state index is 13.1. The van der Waals surface area contributed by atoms with Crippen LogP contribution in [0.25, 0.3) is 0 Å². The summed E-state index contributed by atoms with van der Waals surface area (Å²) < 4.78 is 39.3. The number of amides is 2. The Bertz CT molecular complexity index is 1300. The van der Waals surface area contributed by atoms with Crippen LogP contribution < -0.4 is 10.6 Å². The Morgan fingerprint density at radius 1 is 1.23 bits per heavy atom. The molecule has 40 heavy (non-hydrogen) atoms. The summed E-state index contributed by atoms with van der Waals surface area (Å²) in [6, 6.07) is 0.134. The number of nitrogens with one attached hydrogen (secondary N) is 2. The maximum absolute atomic E-state index is 13.1. The summed E-state index contributed by atoms with van der Waals surface area (Å²) in [5, 5.41) is 5.07. The van der Waals surface area contributed by atoms with Crippen LogP contribution in [-0.2, 0) is 11.0 Å². The first-order valence-electron chi connectivity index (χ1n) is 12.5. The Balaban J connectivity index is 1.67. The number of hydrogen-bond acceptors (Lipinski definition) is 7. The first-order valence-corrected chi connectivity index (χ1v) is 13.7. The molecule has 216 valence electrons. The van der Waals surface area contributed by atoms with Crippen molar-refractivity contribution >= 4 is 46.4 Å². The summed E-state index contributed by atoms with van der Waals surface area (Å²) in [7, 11) is 2.06. The topological polar surface area (TPSA) is 103 Å². The van der Waals surface area contributed by atoms with Gasteiger partial charge in [0.1, 0.15) is 21.5 Å². The number of hydrogen-bond donors (Lipinski definition) is 2. The van der Waals surface area contributed by atoms with Crippen molar-refractivity contribution in [2.24, 2.45) is 4.99 Å². The average Bonchev–Trinajstić information content (AvgIpc) is 3.40. The third-order valence-corrected chi connectivity index (χ3v) is 7.43. The number of aliphatic imine (C=N–C) groups is 1. The van der Waals surface area contributed by atoms with Crippen LogP contribution in [0.2, 0.25) is 5.02 Å². The van der Waals surface area contributed by atoms with Crippen molar-refractivity contribution in [3.63, 3.8) is 0 Å². The molecule has 0 aromatic carbocycles. The van der Waals surface area contributed by atoms with Crippen LogP contribution in [0, 0.1) is 0 Å². The van der Waals surface area contributed by atoms with E-state index >= 15 is 0 Å². The number of carbonyl (C=O) groups is 2. The van der Waals surface area contributed by atoms with Crippen molar-refractivity contribution in [3.8, 4) is 0 Å². The molecule has 1 aliphatic rings. The van der Waals surface area contributed by atoms with E-state index in [1.54, 1.807) is 26.1 Å². The Morgan fingerprint density at radius 2 is 1.93 bits per heavy atom. The number of thiazole rings is 1. The number of carbonyl (C=O) groups excluding carboxylic acids is 2. The fourth-order valence-corrected chi connectivity index (χ4v) is 4.63. The molecule has 0 radical (unpaired) electrons. The molecular formula is C26H31ClF3N7O2S. The molecule has 1 unspecified atom stereocenters. The van der Waals surface area contributed by atoms with Crippen molar-refractivity contribution in [3.05, 3.63) is 62.9 Å². The van der Waals surface area contributed by atoms with Crippen molar-refractivity contribution in [1.82, 2.24) is 25.1 Å². The van der Waals surface area contributed by atoms with E-state index in [0.29, 0.717) is 22.5 Å². The van der Waals surface area contributed by atoms with Crippen LogP contribution in [0.3, 0.4) is 0 Å². The summed E-state index contributed by atoms with van der Waals surface area (Å²) in [6.45, 7) is 8.82. The van der Waals surface area contributed by atoms with E-state index in [-0.39, 0.29) is 16.6 Å². The van der Waals surface area contributed by atoms with Crippen LogP contribution in [-0.4, -0.2) is 70.6 Å². The van der Waals surface area contributed by atoms with Crippen LogP contribution in [0.1, 0.15) is 53.5 Å². The second kappa shape index (κ2) is 13.9. The Morgan fingerprint density at radius 3 is 2.58 bits per heavy atom. The van der Waals surface area contributed by atoms with Gasteiger partial charge in [0.25, 0.3) is 5.91 Å². The molecule has 9 nitrogen and oxygen atoms in total. The van der Waals surface area contributed by atoms with Crippen LogP contribution in [0.5, 0.6) is 0 Å². The van der Waals surface area contributed by atoms with Crippen LogP contribution in [0.4, 0.5) is 19.0 Å². The fraction of sp³-hybridized carbons (Fsp3) is 0.423. The number of halogens is 4. The van der Waals surface area contributed by atoms with Crippen molar-refractivity contribution < 1.29 is 22.8 Å². The number of likely N-dealkylation sites (N-methyl/N-ethyl adjacent to an activating group) is 1. The van der Waals surface area contributed by atoms with E-state index in [9.17, 15) is 22.8 Å². The minimum Gasteiger partial charge on any atom is -0.354 e. The van der Waals surface area contributed by atoms with Crippen molar-refractivity contribution in [1.29, 1.82) is 0 Å². The molecular weight excluding hydrogens is 567 g/mol. The molecule has 1 saturated heterocycles. The number of allylic oxidation sites excluding steroid dienone is 1. The van der Waals surface area contributed by atoms with Crippen molar-refractivity contribution in [2.45, 2.75) is 39.4 Å². The van der Waals surface area contributed by atoms with Gasteiger partial charge in [0.15, 0.2) is 0 Å². The number of piperazine rings is 1. The molecule has 2 amide bonds. The van der Waals surface area contributed by atoms with Gasteiger partial charge in [-0.1, -0.05) is 24.6 Å². The monoisotopic (exact) mass is 597 g/mol. The lowest BCUT2D eigenvalue weighted by molar-refractivity contribution is -0.137. The zero-order chi connectivity index (χ0) is 29.4. The summed E-state index contributed by atoms with van der Waals surface area (Å²) in [4.78, 5) is 42.6. The Kier molecular flexibility index (Phi) is 10.8. The van der Waals surface area contributed by atoms with Gasteiger partial charge in [-0.05, 0) is 39.5 Å². The predicted molar refractivity (Wildman–Crippen MR) is 151 cm³/mol. The molecule has 2 N–H and O–H groups in total. The largest absolute Gasteiger partial charge is 0.418 e. The van der Waals surface area contributed by atoms with E-state index in [2.05, 4.69) is 42.4 Å². The molecule has 1 fully saturated rings. The summed E-state index contributed by atoms with van der Waals surface area (Å²) in [5.41, 5.74) is -0.648. The fourth-order valence-electron chi connectivity index (χ4n) is 3.61. The molecule has 2 aromatic rings. The van der Waals surface area contributed by atoms with Crippen LogP contribution >= 0.6 is 22.9 Å². The molecule has 3 rings (SSSR count).